The van der Waals surface area contributed by atoms with Gasteiger partial charge in [-0.3, -0.25) is 4.98 Å². The van der Waals surface area contributed by atoms with Crippen LogP contribution in [0.15, 0.2) is 48.7 Å². The van der Waals surface area contributed by atoms with E-state index < -0.39 is 12.6 Å². The number of pyridine rings is 1. The highest BCUT2D eigenvalue weighted by molar-refractivity contribution is 5.73. The van der Waals surface area contributed by atoms with Gasteiger partial charge in [0.2, 0.25) is 0 Å². The van der Waals surface area contributed by atoms with E-state index in [0.717, 1.165) is 11.3 Å². The van der Waals surface area contributed by atoms with E-state index in [1.807, 2.05) is 30.3 Å². The number of aliphatic hydroxyl groups excluding tert-OH is 1. The second kappa shape index (κ2) is 5.23. The number of rotatable bonds is 3. The van der Waals surface area contributed by atoms with Gasteiger partial charge in [-0.05, 0) is 36.4 Å². The minimum atomic E-state index is -0.671. The normalized spacial score (nSPS) is 9.94. The van der Waals surface area contributed by atoms with Crippen molar-refractivity contribution in [3.05, 3.63) is 48.7 Å². The summed E-state index contributed by atoms with van der Waals surface area (Å²) in [5.74, 6) is -0.265. The van der Waals surface area contributed by atoms with Crippen molar-refractivity contribution in [1.82, 2.24) is 4.98 Å². The predicted molar refractivity (Wildman–Crippen MR) is 62.4 cm³/mol. The van der Waals surface area contributed by atoms with Crippen molar-refractivity contribution >= 4 is 5.97 Å². The first kappa shape index (κ1) is 11.3. The first-order chi connectivity index (χ1) is 8.29. The van der Waals surface area contributed by atoms with Crippen molar-refractivity contribution in [3.63, 3.8) is 0 Å². The van der Waals surface area contributed by atoms with Crippen LogP contribution in [0.1, 0.15) is 0 Å². The van der Waals surface area contributed by atoms with Crippen molar-refractivity contribution < 1.29 is 14.6 Å². The number of ether oxygens (including phenoxy) is 1. The molecule has 0 aliphatic carbocycles. The van der Waals surface area contributed by atoms with Gasteiger partial charge in [0, 0.05) is 11.8 Å². The number of aromatic nitrogens is 1. The van der Waals surface area contributed by atoms with Crippen LogP contribution in [-0.2, 0) is 4.79 Å². The molecule has 1 aromatic heterocycles. The third-order valence-electron chi connectivity index (χ3n) is 2.18. The zero-order valence-corrected chi connectivity index (χ0v) is 9.04. The quantitative estimate of drug-likeness (QED) is 0.642. The van der Waals surface area contributed by atoms with Gasteiger partial charge in [-0.25, -0.2) is 4.79 Å². The molecule has 2 aromatic rings. The highest BCUT2D eigenvalue weighted by Crippen LogP contribution is 2.20. The molecule has 0 bridgehead atoms. The second-order valence-electron chi connectivity index (χ2n) is 3.37. The smallest absolute Gasteiger partial charge is 0.337 e. The molecule has 0 amide bonds. The van der Waals surface area contributed by atoms with Crippen molar-refractivity contribution in [2.75, 3.05) is 6.61 Å². The molecule has 4 nitrogen and oxygen atoms in total. The minimum Gasteiger partial charge on any atom is -0.425 e. The van der Waals surface area contributed by atoms with Crippen molar-refractivity contribution in [2.24, 2.45) is 0 Å². The van der Waals surface area contributed by atoms with Crippen LogP contribution in [0.4, 0.5) is 0 Å². The number of nitrogens with zero attached hydrogens (tertiary/aromatic N) is 1. The molecule has 0 saturated heterocycles. The first-order valence-electron chi connectivity index (χ1n) is 5.12. The number of aliphatic hydroxyl groups is 1. The Kier molecular flexibility index (Phi) is 3.47. The van der Waals surface area contributed by atoms with Crippen LogP contribution in [0.2, 0.25) is 0 Å². The van der Waals surface area contributed by atoms with Gasteiger partial charge in [-0.2, -0.15) is 0 Å². The zero-order chi connectivity index (χ0) is 12.1. The maximum Gasteiger partial charge on any atom is 0.337 e. The molecular formula is C13H11NO3. The molecule has 2 rings (SSSR count). The lowest BCUT2D eigenvalue weighted by molar-refractivity contribution is -0.137. The molecule has 1 aromatic carbocycles. The predicted octanol–water partition coefficient (Wildman–Crippen LogP) is 1.65. The molecule has 1 heterocycles. The zero-order valence-electron chi connectivity index (χ0n) is 9.04. The van der Waals surface area contributed by atoms with E-state index in [1.54, 1.807) is 18.3 Å². The van der Waals surface area contributed by atoms with Crippen LogP contribution < -0.4 is 4.74 Å². The van der Waals surface area contributed by atoms with Crippen LogP contribution in [0, 0.1) is 0 Å². The lowest BCUT2D eigenvalue weighted by atomic mass is 10.1. The van der Waals surface area contributed by atoms with Gasteiger partial charge in [-0.1, -0.05) is 6.07 Å². The molecule has 0 unspecified atom stereocenters. The third kappa shape index (κ3) is 2.89. The first-order valence-corrected chi connectivity index (χ1v) is 5.12. The summed E-state index contributed by atoms with van der Waals surface area (Å²) in [6.07, 6.45) is 1.72. The van der Waals surface area contributed by atoms with Crippen LogP contribution in [0.5, 0.6) is 5.75 Å². The Morgan fingerprint density at radius 1 is 1.18 bits per heavy atom. The van der Waals surface area contributed by atoms with E-state index in [4.69, 9.17) is 9.84 Å². The number of esters is 1. The van der Waals surface area contributed by atoms with E-state index in [1.165, 1.54) is 0 Å². The van der Waals surface area contributed by atoms with E-state index in [9.17, 15) is 4.79 Å². The van der Waals surface area contributed by atoms with Crippen LogP contribution in [0.25, 0.3) is 11.3 Å². The molecule has 0 spiro atoms. The minimum absolute atomic E-state index is 0.406. The average Bonchev–Trinajstić information content (AvgIpc) is 2.40. The Balaban J connectivity index is 2.16. The lowest BCUT2D eigenvalue weighted by Crippen LogP contribution is -2.11. The van der Waals surface area contributed by atoms with Crippen molar-refractivity contribution in [1.29, 1.82) is 0 Å². The van der Waals surface area contributed by atoms with Crippen molar-refractivity contribution in [3.8, 4) is 17.0 Å². The highest BCUT2D eigenvalue weighted by Gasteiger charge is 2.03. The van der Waals surface area contributed by atoms with E-state index in [-0.39, 0.29) is 0 Å². The largest absolute Gasteiger partial charge is 0.425 e. The van der Waals surface area contributed by atoms with Gasteiger partial charge in [0.15, 0.2) is 0 Å². The Morgan fingerprint density at radius 3 is 2.53 bits per heavy atom. The Morgan fingerprint density at radius 2 is 1.94 bits per heavy atom. The number of carbonyl (C=O) groups excluding carboxylic acids is 1. The lowest BCUT2D eigenvalue weighted by Gasteiger charge is -2.04. The molecule has 0 saturated carbocycles. The van der Waals surface area contributed by atoms with Crippen LogP contribution in [-0.4, -0.2) is 22.7 Å². The number of benzene rings is 1. The van der Waals surface area contributed by atoms with Crippen molar-refractivity contribution in [2.45, 2.75) is 0 Å². The highest BCUT2D eigenvalue weighted by atomic mass is 16.5. The fourth-order valence-electron chi connectivity index (χ4n) is 1.39. The Labute approximate surface area is 98.5 Å². The molecule has 0 radical (unpaired) electrons. The summed E-state index contributed by atoms with van der Waals surface area (Å²) in [7, 11) is 0. The SMILES string of the molecule is O=C(CO)Oc1ccc(-c2ccccn2)cc1. The number of carbonyl (C=O) groups is 1. The maximum absolute atomic E-state index is 10.9. The molecule has 0 fully saturated rings. The molecule has 0 atom stereocenters. The second-order valence-corrected chi connectivity index (χ2v) is 3.37. The summed E-state index contributed by atoms with van der Waals surface area (Å²) in [5.41, 5.74) is 1.79. The summed E-state index contributed by atoms with van der Waals surface area (Å²) in [5, 5.41) is 8.54. The number of hydrogen-bond acceptors (Lipinski definition) is 4. The molecular weight excluding hydrogens is 218 g/mol. The van der Waals surface area contributed by atoms with Gasteiger partial charge < -0.3 is 9.84 Å². The van der Waals surface area contributed by atoms with E-state index in [0.29, 0.717) is 5.75 Å². The molecule has 4 heteroatoms. The van der Waals surface area contributed by atoms with Crippen LogP contribution >= 0.6 is 0 Å². The van der Waals surface area contributed by atoms with Crippen LogP contribution in [0.3, 0.4) is 0 Å². The topological polar surface area (TPSA) is 59.4 Å². The van der Waals surface area contributed by atoms with E-state index >= 15 is 0 Å². The summed E-state index contributed by atoms with van der Waals surface area (Å²) < 4.78 is 4.85. The summed E-state index contributed by atoms with van der Waals surface area (Å²) in [6, 6.07) is 12.6. The van der Waals surface area contributed by atoms with Gasteiger partial charge in [0.05, 0.1) is 5.69 Å². The molecule has 86 valence electrons. The molecule has 0 aliphatic rings. The molecule has 1 N–H and O–H groups in total. The monoisotopic (exact) mass is 229 g/mol. The summed E-state index contributed by atoms with van der Waals surface area (Å²) in [4.78, 5) is 15.1. The molecule has 17 heavy (non-hydrogen) atoms. The van der Waals surface area contributed by atoms with Gasteiger partial charge in [-0.15, -0.1) is 0 Å². The Hall–Kier alpha value is -2.20. The van der Waals surface area contributed by atoms with E-state index in [2.05, 4.69) is 4.98 Å². The fourth-order valence-corrected chi connectivity index (χ4v) is 1.39. The number of hydrogen-bond donors (Lipinski definition) is 1. The Bertz CT molecular complexity index is 494. The van der Waals surface area contributed by atoms with Gasteiger partial charge >= 0.3 is 5.97 Å². The third-order valence-corrected chi connectivity index (χ3v) is 2.18. The fraction of sp³-hybridized carbons (Fsp3) is 0.0769. The summed E-state index contributed by atoms with van der Waals surface area (Å²) in [6.45, 7) is -0.623. The standard InChI is InChI=1S/C13H11NO3/c15-9-13(16)17-11-6-4-10(5-7-11)12-3-1-2-8-14-12/h1-8,15H,9H2. The average molecular weight is 229 g/mol. The van der Waals surface area contributed by atoms with Gasteiger partial charge in [0.25, 0.3) is 0 Å². The summed E-state index contributed by atoms with van der Waals surface area (Å²) >= 11 is 0. The maximum atomic E-state index is 10.9. The van der Waals surface area contributed by atoms with Gasteiger partial charge in [0.1, 0.15) is 12.4 Å². The molecule has 0 aliphatic heterocycles.